The molecule has 0 bridgehead atoms. The van der Waals surface area contributed by atoms with Gasteiger partial charge in [0.1, 0.15) is 0 Å². The summed E-state index contributed by atoms with van der Waals surface area (Å²) in [5.74, 6) is 0. The molecule has 3 aromatic carbocycles. The van der Waals surface area contributed by atoms with Gasteiger partial charge in [-0.2, -0.15) is 0 Å². The minimum atomic E-state index is -0.0193. The Hall–Kier alpha value is -3.11. The van der Waals surface area contributed by atoms with Crippen molar-refractivity contribution in [2.45, 2.75) is 58.2 Å². The summed E-state index contributed by atoms with van der Waals surface area (Å²) in [5.41, 5.74) is 4.25. The molecule has 0 saturated carbocycles. The Morgan fingerprint density at radius 2 is 1.59 bits per heavy atom. The normalized spacial score (nSPS) is 15.6. The molecule has 1 fully saturated rings. The number of urea groups is 1. The molecule has 0 spiro atoms. The van der Waals surface area contributed by atoms with Crippen molar-refractivity contribution < 1.29 is 4.79 Å². The standard InChI is InChI=1S/C30H37N3O/c1-3-11-24(2)32-20-18-29(19-21-32)33(23-25-12-6-4-7-13-25)30(34)31-28-17-10-16-27(22-28)26-14-8-5-9-15-26/h4-10,12-17,22,24,29H,3,11,18-21,23H2,1-2H3,(H,31,34). The highest BCUT2D eigenvalue weighted by Gasteiger charge is 2.29. The van der Waals surface area contributed by atoms with Crippen molar-refractivity contribution in [1.29, 1.82) is 0 Å². The molecule has 178 valence electrons. The van der Waals surface area contributed by atoms with E-state index in [0.717, 1.165) is 48.3 Å². The number of rotatable bonds is 8. The second-order valence-electron chi connectivity index (χ2n) is 9.40. The molecule has 0 aliphatic carbocycles. The lowest BCUT2D eigenvalue weighted by Gasteiger charge is -2.40. The molecule has 1 atom stereocenters. The Labute approximate surface area is 204 Å². The maximum Gasteiger partial charge on any atom is 0.322 e. The van der Waals surface area contributed by atoms with Gasteiger partial charge >= 0.3 is 6.03 Å². The molecule has 34 heavy (non-hydrogen) atoms. The van der Waals surface area contributed by atoms with Crippen molar-refractivity contribution in [3.8, 4) is 11.1 Å². The summed E-state index contributed by atoms with van der Waals surface area (Å²) < 4.78 is 0. The van der Waals surface area contributed by atoms with Crippen LogP contribution in [0.15, 0.2) is 84.9 Å². The third-order valence-electron chi connectivity index (χ3n) is 6.95. The number of nitrogens with one attached hydrogen (secondary N) is 1. The van der Waals surface area contributed by atoms with Crippen molar-refractivity contribution >= 4 is 11.7 Å². The van der Waals surface area contributed by atoms with Crippen molar-refractivity contribution in [2.75, 3.05) is 18.4 Å². The number of amides is 2. The molecule has 0 radical (unpaired) electrons. The summed E-state index contributed by atoms with van der Waals surface area (Å²) in [7, 11) is 0. The van der Waals surface area contributed by atoms with E-state index in [-0.39, 0.29) is 12.1 Å². The highest BCUT2D eigenvalue weighted by molar-refractivity contribution is 5.90. The van der Waals surface area contributed by atoms with Gasteiger partial charge in [-0.1, -0.05) is 86.1 Å². The molecule has 4 nitrogen and oxygen atoms in total. The van der Waals surface area contributed by atoms with Gasteiger partial charge < -0.3 is 15.1 Å². The monoisotopic (exact) mass is 455 g/mol. The molecule has 1 aliphatic rings. The first kappa shape index (κ1) is 24.0. The van der Waals surface area contributed by atoms with Gasteiger partial charge in [0, 0.05) is 37.4 Å². The number of carbonyl (C=O) groups is 1. The van der Waals surface area contributed by atoms with Crippen LogP contribution in [0, 0.1) is 0 Å². The van der Waals surface area contributed by atoms with E-state index in [2.05, 4.69) is 60.5 Å². The van der Waals surface area contributed by atoms with Crippen molar-refractivity contribution in [2.24, 2.45) is 0 Å². The largest absolute Gasteiger partial charge is 0.322 e. The quantitative estimate of drug-likeness (QED) is 0.395. The number of carbonyl (C=O) groups excluding carboxylic acids is 1. The average Bonchev–Trinajstić information content (AvgIpc) is 2.89. The van der Waals surface area contributed by atoms with Crippen LogP contribution in [0.1, 0.15) is 45.1 Å². The molecule has 2 amide bonds. The first-order valence-electron chi connectivity index (χ1n) is 12.6. The fourth-order valence-electron chi connectivity index (χ4n) is 4.99. The summed E-state index contributed by atoms with van der Waals surface area (Å²) in [4.78, 5) is 18.2. The van der Waals surface area contributed by atoms with Gasteiger partial charge in [-0.3, -0.25) is 0 Å². The molecule has 1 heterocycles. The Morgan fingerprint density at radius 3 is 2.26 bits per heavy atom. The summed E-state index contributed by atoms with van der Waals surface area (Å²) in [6.45, 7) is 7.31. The summed E-state index contributed by atoms with van der Waals surface area (Å²) in [5, 5.41) is 3.20. The van der Waals surface area contributed by atoms with Crippen molar-refractivity contribution in [1.82, 2.24) is 9.80 Å². The number of nitrogens with zero attached hydrogens (tertiary/aromatic N) is 2. The molecule has 4 heteroatoms. The number of hydrogen-bond acceptors (Lipinski definition) is 2. The topological polar surface area (TPSA) is 35.6 Å². The summed E-state index contributed by atoms with van der Waals surface area (Å²) in [6, 6.07) is 29.6. The van der Waals surface area contributed by atoms with Crippen LogP contribution in [0.5, 0.6) is 0 Å². The highest BCUT2D eigenvalue weighted by atomic mass is 16.2. The Kier molecular flexibility index (Phi) is 8.37. The van der Waals surface area contributed by atoms with E-state index in [1.807, 2.05) is 53.4 Å². The molecular formula is C30H37N3O. The number of likely N-dealkylation sites (tertiary alicyclic amines) is 1. The van der Waals surface area contributed by atoms with Crippen molar-refractivity contribution in [3.63, 3.8) is 0 Å². The number of benzene rings is 3. The maximum absolute atomic E-state index is 13.6. The smallest absolute Gasteiger partial charge is 0.317 e. The van der Waals surface area contributed by atoms with Gasteiger partial charge in [-0.15, -0.1) is 0 Å². The lowest BCUT2D eigenvalue weighted by atomic mass is 10.00. The third kappa shape index (κ3) is 6.27. The molecule has 4 rings (SSSR count). The second kappa shape index (κ2) is 11.8. The van der Waals surface area contributed by atoms with Crippen LogP contribution in [0.25, 0.3) is 11.1 Å². The molecule has 0 aromatic heterocycles. The van der Waals surface area contributed by atoms with Gasteiger partial charge in [0.2, 0.25) is 0 Å². The maximum atomic E-state index is 13.6. The summed E-state index contributed by atoms with van der Waals surface area (Å²) in [6.07, 6.45) is 4.47. The molecule has 1 unspecified atom stereocenters. The molecule has 1 saturated heterocycles. The van der Waals surface area contributed by atoms with E-state index in [1.54, 1.807) is 0 Å². The Morgan fingerprint density at radius 1 is 0.941 bits per heavy atom. The average molecular weight is 456 g/mol. The second-order valence-corrected chi connectivity index (χ2v) is 9.40. The predicted octanol–water partition coefficient (Wildman–Crippen LogP) is 7.04. The van der Waals surface area contributed by atoms with E-state index >= 15 is 0 Å². The zero-order chi connectivity index (χ0) is 23.8. The fourth-order valence-corrected chi connectivity index (χ4v) is 4.99. The number of hydrogen-bond donors (Lipinski definition) is 1. The van der Waals surface area contributed by atoms with Gasteiger partial charge in [0.15, 0.2) is 0 Å². The van der Waals surface area contributed by atoms with Crippen LogP contribution in [0.4, 0.5) is 10.5 Å². The van der Waals surface area contributed by atoms with E-state index < -0.39 is 0 Å². The Balaban J connectivity index is 1.48. The fraction of sp³-hybridized carbons (Fsp3) is 0.367. The molecular weight excluding hydrogens is 418 g/mol. The van der Waals surface area contributed by atoms with Crippen molar-refractivity contribution in [3.05, 3.63) is 90.5 Å². The zero-order valence-corrected chi connectivity index (χ0v) is 20.5. The van der Waals surface area contributed by atoms with Crippen LogP contribution < -0.4 is 5.32 Å². The van der Waals surface area contributed by atoms with E-state index in [0.29, 0.717) is 12.6 Å². The van der Waals surface area contributed by atoms with Gasteiger partial charge in [0.25, 0.3) is 0 Å². The Bertz CT molecular complexity index is 1030. The SMILES string of the molecule is CCCC(C)N1CCC(N(Cc2ccccc2)C(=O)Nc2cccc(-c3ccccc3)c2)CC1. The van der Waals surface area contributed by atoms with Crippen LogP contribution >= 0.6 is 0 Å². The van der Waals surface area contributed by atoms with E-state index in [4.69, 9.17) is 0 Å². The predicted molar refractivity (Wildman–Crippen MR) is 142 cm³/mol. The van der Waals surface area contributed by atoms with Crippen LogP contribution in [-0.2, 0) is 6.54 Å². The number of piperidine rings is 1. The van der Waals surface area contributed by atoms with E-state index in [9.17, 15) is 4.79 Å². The molecule has 1 N–H and O–H groups in total. The lowest BCUT2D eigenvalue weighted by molar-refractivity contribution is 0.0989. The molecule has 1 aliphatic heterocycles. The van der Waals surface area contributed by atoms with Crippen LogP contribution in [0.2, 0.25) is 0 Å². The number of anilines is 1. The summed E-state index contributed by atoms with van der Waals surface area (Å²) >= 11 is 0. The first-order chi connectivity index (χ1) is 16.6. The highest BCUT2D eigenvalue weighted by Crippen LogP contribution is 2.25. The van der Waals surface area contributed by atoms with E-state index in [1.165, 1.54) is 12.8 Å². The van der Waals surface area contributed by atoms with Gasteiger partial charge in [0.05, 0.1) is 0 Å². The third-order valence-corrected chi connectivity index (χ3v) is 6.95. The van der Waals surface area contributed by atoms with Gasteiger partial charge in [-0.25, -0.2) is 4.79 Å². The zero-order valence-electron chi connectivity index (χ0n) is 20.5. The minimum Gasteiger partial charge on any atom is -0.317 e. The molecule has 3 aromatic rings. The van der Waals surface area contributed by atoms with Gasteiger partial charge in [-0.05, 0) is 55.0 Å². The van der Waals surface area contributed by atoms with Crippen LogP contribution in [-0.4, -0.2) is 41.0 Å². The van der Waals surface area contributed by atoms with Crippen LogP contribution in [0.3, 0.4) is 0 Å². The first-order valence-corrected chi connectivity index (χ1v) is 12.6. The minimum absolute atomic E-state index is 0.0193. The lowest BCUT2D eigenvalue weighted by Crippen LogP contribution is -2.50.